The number of sulfonamides is 1. The third-order valence-electron chi connectivity index (χ3n) is 4.07. The average Bonchev–Trinajstić information content (AvgIpc) is 2.68. The van der Waals surface area contributed by atoms with Gasteiger partial charge in [0.15, 0.2) is 6.10 Å². The van der Waals surface area contributed by atoms with Crippen LogP contribution >= 0.6 is 0 Å². The van der Waals surface area contributed by atoms with Gasteiger partial charge in [-0.3, -0.25) is 4.79 Å². The highest BCUT2D eigenvalue weighted by atomic mass is 32.2. The van der Waals surface area contributed by atoms with Crippen molar-refractivity contribution in [2.45, 2.75) is 44.2 Å². The second-order valence-corrected chi connectivity index (χ2v) is 8.73. The molecule has 0 aromatic heterocycles. The zero-order chi connectivity index (χ0) is 22.3. The molecule has 1 amide bonds. The number of ether oxygens (including phenoxy) is 1. The molecule has 0 aliphatic carbocycles. The topological polar surface area (TPSA) is 102 Å². The number of nitrogens with one attached hydrogen (secondary N) is 2. The van der Waals surface area contributed by atoms with E-state index in [1.807, 2.05) is 0 Å². The van der Waals surface area contributed by atoms with E-state index >= 15 is 0 Å². The maximum Gasteiger partial charge on any atom is 0.338 e. The Morgan fingerprint density at radius 2 is 1.60 bits per heavy atom. The Balaban J connectivity index is 1.86. The summed E-state index contributed by atoms with van der Waals surface area (Å²) in [5.41, 5.74) is 0.993. The number of esters is 1. The van der Waals surface area contributed by atoms with Crippen LogP contribution in [-0.2, 0) is 26.0 Å². The zero-order valence-electron chi connectivity index (χ0n) is 17.0. The van der Waals surface area contributed by atoms with E-state index in [0.29, 0.717) is 13.0 Å². The first-order valence-electron chi connectivity index (χ1n) is 9.44. The Labute approximate surface area is 175 Å². The van der Waals surface area contributed by atoms with E-state index in [1.165, 1.54) is 43.3 Å². The van der Waals surface area contributed by atoms with Crippen molar-refractivity contribution in [3.05, 3.63) is 65.5 Å². The summed E-state index contributed by atoms with van der Waals surface area (Å²) in [5, 5.41) is 2.65. The molecule has 0 bridgehead atoms. The summed E-state index contributed by atoms with van der Waals surface area (Å²) in [6, 6.07) is 10.9. The van der Waals surface area contributed by atoms with Gasteiger partial charge in [0.05, 0.1) is 10.5 Å². The van der Waals surface area contributed by atoms with E-state index < -0.39 is 28.0 Å². The Morgan fingerprint density at radius 1 is 1.00 bits per heavy atom. The molecule has 2 aromatic rings. The summed E-state index contributed by atoms with van der Waals surface area (Å²) in [7, 11) is -3.66. The summed E-state index contributed by atoms with van der Waals surface area (Å²) < 4.78 is 44.7. The molecule has 162 valence electrons. The van der Waals surface area contributed by atoms with Crippen LogP contribution in [0.1, 0.15) is 36.7 Å². The zero-order valence-corrected chi connectivity index (χ0v) is 17.8. The Hall–Kier alpha value is -2.78. The van der Waals surface area contributed by atoms with E-state index in [1.54, 1.807) is 26.0 Å². The molecule has 30 heavy (non-hydrogen) atoms. The SMILES string of the molecule is CC(C)NS(=O)(=O)c1ccc(C(=O)OC(C)C(=O)NCCc2ccc(F)cc2)cc1. The summed E-state index contributed by atoms with van der Waals surface area (Å²) in [4.78, 5) is 24.4. The quantitative estimate of drug-likeness (QED) is 0.588. The molecule has 2 N–H and O–H groups in total. The van der Waals surface area contributed by atoms with E-state index in [-0.39, 0.29) is 22.3 Å². The molecular formula is C21H25FN2O5S. The Bertz CT molecular complexity index is 973. The van der Waals surface area contributed by atoms with Crippen molar-refractivity contribution in [1.29, 1.82) is 0 Å². The minimum absolute atomic E-state index is 0.0272. The lowest BCUT2D eigenvalue weighted by Gasteiger charge is -2.14. The molecule has 7 nitrogen and oxygen atoms in total. The van der Waals surface area contributed by atoms with Crippen molar-refractivity contribution in [1.82, 2.24) is 10.0 Å². The fraction of sp³-hybridized carbons (Fsp3) is 0.333. The number of benzene rings is 2. The van der Waals surface area contributed by atoms with Gasteiger partial charge in [-0.05, 0) is 69.2 Å². The van der Waals surface area contributed by atoms with Crippen molar-refractivity contribution in [3.8, 4) is 0 Å². The van der Waals surface area contributed by atoms with Gasteiger partial charge in [0.1, 0.15) is 5.82 Å². The van der Waals surface area contributed by atoms with Crippen LogP contribution in [0.3, 0.4) is 0 Å². The van der Waals surface area contributed by atoms with Gasteiger partial charge in [-0.15, -0.1) is 0 Å². The largest absolute Gasteiger partial charge is 0.449 e. The predicted molar refractivity (Wildman–Crippen MR) is 110 cm³/mol. The molecule has 0 fully saturated rings. The summed E-state index contributed by atoms with van der Waals surface area (Å²) >= 11 is 0. The predicted octanol–water partition coefficient (Wildman–Crippen LogP) is 2.42. The van der Waals surface area contributed by atoms with Crippen LogP contribution in [0, 0.1) is 5.82 Å². The van der Waals surface area contributed by atoms with E-state index in [9.17, 15) is 22.4 Å². The molecule has 0 saturated heterocycles. The first-order valence-corrected chi connectivity index (χ1v) is 10.9. The van der Waals surface area contributed by atoms with Crippen LogP contribution in [0.5, 0.6) is 0 Å². The number of carbonyl (C=O) groups excluding carboxylic acids is 2. The molecule has 0 saturated carbocycles. The van der Waals surface area contributed by atoms with Gasteiger partial charge in [-0.1, -0.05) is 12.1 Å². The maximum absolute atomic E-state index is 12.9. The van der Waals surface area contributed by atoms with Crippen molar-refractivity contribution < 1.29 is 27.1 Å². The van der Waals surface area contributed by atoms with Gasteiger partial charge in [0.2, 0.25) is 10.0 Å². The number of amides is 1. The normalized spacial score (nSPS) is 12.4. The third kappa shape index (κ3) is 6.93. The summed E-state index contributed by atoms with van der Waals surface area (Å²) in [6.45, 7) is 5.16. The van der Waals surface area contributed by atoms with Crippen molar-refractivity contribution in [2.75, 3.05) is 6.54 Å². The number of hydrogen-bond donors (Lipinski definition) is 2. The lowest BCUT2D eigenvalue weighted by Crippen LogP contribution is -2.36. The molecule has 0 radical (unpaired) electrons. The molecular weight excluding hydrogens is 411 g/mol. The van der Waals surface area contributed by atoms with Gasteiger partial charge in [0.25, 0.3) is 5.91 Å². The summed E-state index contributed by atoms with van der Waals surface area (Å²) in [6.07, 6.45) is -0.524. The highest BCUT2D eigenvalue weighted by molar-refractivity contribution is 7.89. The average molecular weight is 437 g/mol. The van der Waals surface area contributed by atoms with Crippen LogP contribution in [-0.4, -0.2) is 39.0 Å². The maximum atomic E-state index is 12.9. The van der Waals surface area contributed by atoms with Crippen molar-refractivity contribution in [3.63, 3.8) is 0 Å². The molecule has 1 unspecified atom stereocenters. The van der Waals surface area contributed by atoms with Crippen molar-refractivity contribution >= 4 is 21.9 Å². The number of rotatable bonds is 9. The molecule has 0 spiro atoms. The second-order valence-electron chi connectivity index (χ2n) is 7.02. The van der Waals surface area contributed by atoms with Crippen LogP contribution in [0.2, 0.25) is 0 Å². The highest BCUT2D eigenvalue weighted by Gasteiger charge is 2.20. The Morgan fingerprint density at radius 3 is 2.17 bits per heavy atom. The minimum atomic E-state index is -3.66. The molecule has 0 aliphatic rings. The second kappa shape index (κ2) is 10.3. The number of carbonyl (C=O) groups is 2. The van der Waals surface area contributed by atoms with Gasteiger partial charge in [-0.25, -0.2) is 22.3 Å². The van der Waals surface area contributed by atoms with Gasteiger partial charge in [0, 0.05) is 12.6 Å². The fourth-order valence-corrected chi connectivity index (χ4v) is 3.81. The van der Waals surface area contributed by atoms with Crippen LogP contribution < -0.4 is 10.0 Å². The first-order chi connectivity index (χ1) is 14.1. The lowest BCUT2D eigenvalue weighted by molar-refractivity contribution is -0.129. The molecule has 2 aromatic carbocycles. The lowest BCUT2D eigenvalue weighted by atomic mass is 10.1. The van der Waals surface area contributed by atoms with Gasteiger partial charge >= 0.3 is 5.97 Å². The molecule has 0 heterocycles. The smallest absolute Gasteiger partial charge is 0.338 e. The minimum Gasteiger partial charge on any atom is -0.449 e. The van der Waals surface area contributed by atoms with E-state index in [0.717, 1.165) is 5.56 Å². The van der Waals surface area contributed by atoms with Crippen LogP contribution in [0.15, 0.2) is 53.4 Å². The highest BCUT2D eigenvalue weighted by Crippen LogP contribution is 2.13. The summed E-state index contributed by atoms with van der Waals surface area (Å²) in [5.74, 6) is -1.53. The fourth-order valence-electron chi connectivity index (χ4n) is 2.56. The van der Waals surface area contributed by atoms with E-state index in [4.69, 9.17) is 4.74 Å². The molecule has 0 aliphatic heterocycles. The monoisotopic (exact) mass is 436 g/mol. The van der Waals surface area contributed by atoms with Crippen LogP contribution in [0.25, 0.3) is 0 Å². The molecule has 1 atom stereocenters. The molecule has 9 heteroatoms. The number of hydrogen-bond acceptors (Lipinski definition) is 5. The van der Waals surface area contributed by atoms with Crippen molar-refractivity contribution in [2.24, 2.45) is 0 Å². The van der Waals surface area contributed by atoms with Gasteiger partial charge < -0.3 is 10.1 Å². The van der Waals surface area contributed by atoms with E-state index in [2.05, 4.69) is 10.0 Å². The molecule has 2 rings (SSSR count). The van der Waals surface area contributed by atoms with Gasteiger partial charge in [-0.2, -0.15) is 0 Å². The third-order valence-corrected chi connectivity index (χ3v) is 5.74. The first kappa shape index (κ1) is 23.5. The van der Waals surface area contributed by atoms with Crippen LogP contribution in [0.4, 0.5) is 4.39 Å². The number of halogens is 1. The standard InChI is InChI=1S/C21H25FN2O5S/c1-14(2)24-30(27,28)19-10-6-17(7-11-19)21(26)29-15(3)20(25)23-13-12-16-4-8-18(22)9-5-16/h4-11,14-15,24H,12-13H2,1-3H3,(H,23,25). The Kier molecular flexibility index (Phi) is 8.08.